The highest BCUT2D eigenvalue weighted by Crippen LogP contribution is 2.15. The largest absolute Gasteiger partial charge is 0.356 e. The van der Waals surface area contributed by atoms with Gasteiger partial charge in [-0.15, -0.1) is 0 Å². The fraction of sp³-hybridized carbons (Fsp3) is 0.833. The average molecular weight is 226 g/mol. The lowest BCUT2D eigenvalue weighted by atomic mass is 10.00. The van der Waals surface area contributed by atoms with E-state index in [2.05, 4.69) is 12.2 Å². The summed E-state index contributed by atoms with van der Waals surface area (Å²) >= 11 is 0. The standard InChI is InChI=1S/C12H22N2O2/c1-3-6-13-11(15)8-12(16)14-7-4-5-10(2)9-14/h10H,3-9H2,1-2H3,(H,13,15). The number of hydrogen-bond acceptors (Lipinski definition) is 2. The monoisotopic (exact) mass is 226 g/mol. The fourth-order valence-corrected chi connectivity index (χ4v) is 1.99. The van der Waals surface area contributed by atoms with Crippen molar-refractivity contribution in [3.05, 3.63) is 0 Å². The van der Waals surface area contributed by atoms with Crippen LogP contribution in [0.15, 0.2) is 0 Å². The van der Waals surface area contributed by atoms with Crippen molar-refractivity contribution in [3.8, 4) is 0 Å². The third-order valence-corrected chi connectivity index (χ3v) is 2.89. The molecule has 0 aliphatic carbocycles. The second-order valence-corrected chi connectivity index (χ2v) is 4.61. The minimum atomic E-state index is -0.148. The van der Waals surface area contributed by atoms with Gasteiger partial charge >= 0.3 is 0 Å². The van der Waals surface area contributed by atoms with E-state index in [9.17, 15) is 9.59 Å². The van der Waals surface area contributed by atoms with Crippen LogP contribution in [-0.2, 0) is 9.59 Å². The van der Waals surface area contributed by atoms with Gasteiger partial charge in [-0.05, 0) is 25.2 Å². The van der Waals surface area contributed by atoms with Gasteiger partial charge in [-0.1, -0.05) is 13.8 Å². The molecule has 92 valence electrons. The Morgan fingerprint density at radius 1 is 1.44 bits per heavy atom. The molecule has 1 fully saturated rings. The molecule has 1 N–H and O–H groups in total. The number of carbonyl (C=O) groups is 2. The highest BCUT2D eigenvalue weighted by Gasteiger charge is 2.22. The van der Waals surface area contributed by atoms with Gasteiger partial charge in [-0.3, -0.25) is 9.59 Å². The van der Waals surface area contributed by atoms with E-state index < -0.39 is 0 Å². The smallest absolute Gasteiger partial charge is 0.232 e. The maximum absolute atomic E-state index is 11.8. The lowest BCUT2D eigenvalue weighted by Crippen LogP contribution is -2.41. The van der Waals surface area contributed by atoms with Crippen LogP contribution in [0.4, 0.5) is 0 Å². The summed E-state index contributed by atoms with van der Waals surface area (Å²) in [6.07, 6.45) is 3.16. The van der Waals surface area contributed by atoms with Crippen LogP contribution in [0.1, 0.15) is 39.5 Å². The van der Waals surface area contributed by atoms with Gasteiger partial charge in [-0.2, -0.15) is 0 Å². The summed E-state index contributed by atoms with van der Waals surface area (Å²) in [5, 5.41) is 2.73. The van der Waals surface area contributed by atoms with Crippen molar-refractivity contribution in [2.24, 2.45) is 5.92 Å². The molecular weight excluding hydrogens is 204 g/mol. The molecule has 16 heavy (non-hydrogen) atoms. The van der Waals surface area contributed by atoms with Crippen LogP contribution in [0.3, 0.4) is 0 Å². The van der Waals surface area contributed by atoms with E-state index in [1.165, 1.54) is 6.42 Å². The molecule has 1 rings (SSSR count). The van der Waals surface area contributed by atoms with E-state index in [-0.39, 0.29) is 18.2 Å². The van der Waals surface area contributed by atoms with E-state index >= 15 is 0 Å². The van der Waals surface area contributed by atoms with Gasteiger partial charge in [0.1, 0.15) is 6.42 Å². The zero-order valence-electron chi connectivity index (χ0n) is 10.3. The molecule has 0 aromatic rings. The minimum absolute atomic E-state index is 0.00667. The Kier molecular flexibility index (Phi) is 5.29. The number of amides is 2. The number of likely N-dealkylation sites (tertiary alicyclic amines) is 1. The van der Waals surface area contributed by atoms with Crippen molar-refractivity contribution < 1.29 is 9.59 Å². The number of nitrogens with zero attached hydrogens (tertiary/aromatic N) is 1. The first-order chi connectivity index (χ1) is 7.63. The molecule has 1 aliphatic rings. The van der Waals surface area contributed by atoms with Crippen LogP contribution in [0.2, 0.25) is 0 Å². The zero-order chi connectivity index (χ0) is 12.0. The predicted octanol–water partition coefficient (Wildman–Crippen LogP) is 1.16. The van der Waals surface area contributed by atoms with E-state index in [4.69, 9.17) is 0 Å². The normalized spacial score (nSPS) is 20.6. The summed E-state index contributed by atoms with van der Waals surface area (Å²) in [5.41, 5.74) is 0. The molecule has 1 heterocycles. The number of rotatable bonds is 4. The summed E-state index contributed by atoms with van der Waals surface area (Å²) in [7, 11) is 0. The van der Waals surface area contributed by atoms with Crippen molar-refractivity contribution in [3.63, 3.8) is 0 Å². The van der Waals surface area contributed by atoms with Crippen LogP contribution in [0.5, 0.6) is 0 Å². The molecule has 0 saturated carbocycles. The van der Waals surface area contributed by atoms with Gasteiger partial charge in [0.15, 0.2) is 0 Å². The molecule has 0 aromatic heterocycles. The SMILES string of the molecule is CCCNC(=O)CC(=O)N1CCCC(C)C1. The topological polar surface area (TPSA) is 49.4 Å². The first kappa shape index (κ1) is 13.0. The lowest BCUT2D eigenvalue weighted by molar-refractivity contribution is -0.137. The summed E-state index contributed by atoms with van der Waals surface area (Å²) in [6, 6.07) is 0. The molecular formula is C12H22N2O2. The lowest BCUT2D eigenvalue weighted by Gasteiger charge is -2.30. The van der Waals surface area contributed by atoms with E-state index in [0.717, 1.165) is 25.9 Å². The van der Waals surface area contributed by atoms with Gasteiger partial charge in [-0.25, -0.2) is 0 Å². The molecule has 0 bridgehead atoms. The Morgan fingerprint density at radius 2 is 2.19 bits per heavy atom. The quantitative estimate of drug-likeness (QED) is 0.731. The average Bonchev–Trinajstić information content (AvgIpc) is 2.26. The highest BCUT2D eigenvalue weighted by molar-refractivity contribution is 5.96. The maximum Gasteiger partial charge on any atom is 0.232 e. The molecule has 4 heteroatoms. The van der Waals surface area contributed by atoms with Crippen LogP contribution in [-0.4, -0.2) is 36.3 Å². The summed E-state index contributed by atoms with van der Waals surface area (Å²) < 4.78 is 0. The third-order valence-electron chi connectivity index (χ3n) is 2.89. The van der Waals surface area contributed by atoms with Crippen molar-refractivity contribution in [2.75, 3.05) is 19.6 Å². The number of piperidine rings is 1. The van der Waals surface area contributed by atoms with E-state index in [0.29, 0.717) is 12.5 Å². The summed E-state index contributed by atoms with van der Waals surface area (Å²) in [6.45, 7) is 6.41. The first-order valence-corrected chi connectivity index (χ1v) is 6.18. The van der Waals surface area contributed by atoms with Gasteiger partial charge in [0.25, 0.3) is 0 Å². The van der Waals surface area contributed by atoms with Crippen molar-refractivity contribution in [2.45, 2.75) is 39.5 Å². The zero-order valence-corrected chi connectivity index (χ0v) is 10.3. The van der Waals surface area contributed by atoms with Gasteiger partial charge in [0.05, 0.1) is 0 Å². The molecule has 0 aromatic carbocycles. The second kappa shape index (κ2) is 6.51. The predicted molar refractivity (Wildman–Crippen MR) is 62.9 cm³/mol. The Morgan fingerprint density at radius 3 is 2.81 bits per heavy atom. The van der Waals surface area contributed by atoms with Crippen molar-refractivity contribution in [1.82, 2.24) is 10.2 Å². The van der Waals surface area contributed by atoms with Crippen LogP contribution in [0, 0.1) is 5.92 Å². The molecule has 1 atom stereocenters. The van der Waals surface area contributed by atoms with Gasteiger partial charge in [0.2, 0.25) is 11.8 Å². The first-order valence-electron chi connectivity index (χ1n) is 6.18. The molecule has 4 nitrogen and oxygen atoms in total. The second-order valence-electron chi connectivity index (χ2n) is 4.61. The molecule has 1 unspecified atom stereocenters. The maximum atomic E-state index is 11.8. The molecule has 0 radical (unpaired) electrons. The van der Waals surface area contributed by atoms with Crippen LogP contribution >= 0.6 is 0 Å². The minimum Gasteiger partial charge on any atom is -0.356 e. The van der Waals surface area contributed by atoms with Gasteiger partial charge in [0, 0.05) is 19.6 Å². The Bertz CT molecular complexity index is 253. The molecule has 1 saturated heterocycles. The Hall–Kier alpha value is -1.06. The number of nitrogens with one attached hydrogen (secondary N) is 1. The van der Waals surface area contributed by atoms with Crippen LogP contribution in [0.25, 0.3) is 0 Å². The number of carbonyl (C=O) groups excluding carboxylic acids is 2. The Balaban J connectivity index is 2.30. The summed E-state index contributed by atoms with van der Waals surface area (Å²) in [4.78, 5) is 25.0. The molecule has 0 spiro atoms. The molecule has 2 amide bonds. The Labute approximate surface area is 97.4 Å². The van der Waals surface area contributed by atoms with Crippen molar-refractivity contribution >= 4 is 11.8 Å². The number of hydrogen-bond donors (Lipinski definition) is 1. The van der Waals surface area contributed by atoms with Crippen LogP contribution < -0.4 is 5.32 Å². The summed E-state index contributed by atoms with van der Waals surface area (Å²) in [5.74, 6) is 0.390. The van der Waals surface area contributed by atoms with Gasteiger partial charge < -0.3 is 10.2 Å². The van der Waals surface area contributed by atoms with E-state index in [1.54, 1.807) is 0 Å². The molecule has 1 aliphatic heterocycles. The fourth-order valence-electron chi connectivity index (χ4n) is 1.99. The third kappa shape index (κ3) is 4.21. The highest BCUT2D eigenvalue weighted by atomic mass is 16.2. The van der Waals surface area contributed by atoms with Crippen molar-refractivity contribution in [1.29, 1.82) is 0 Å². The van der Waals surface area contributed by atoms with E-state index in [1.807, 2.05) is 11.8 Å².